The first-order valence-corrected chi connectivity index (χ1v) is 9.62. The molecule has 0 atom stereocenters. The van der Waals surface area contributed by atoms with Crippen LogP contribution >= 0.6 is 0 Å². The number of nitrogens with zero attached hydrogens (tertiary/aromatic N) is 2. The molecule has 28 heavy (non-hydrogen) atoms. The molecule has 146 valence electrons. The minimum atomic E-state index is -0.138. The molecular formula is C23H27N3O2. The summed E-state index contributed by atoms with van der Waals surface area (Å²) in [7, 11) is 0. The lowest BCUT2D eigenvalue weighted by molar-refractivity contribution is -0.123. The van der Waals surface area contributed by atoms with Crippen molar-refractivity contribution in [1.29, 1.82) is 0 Å². The quantitative estimate of drug-likeness (QED) is 0.649. The van der Waals surface area contributed by atoms with E-state index >= 15 is 0 Å². The number of aryl methyl sites for hydroxylation is 2. The fraction of sp³-hybridized carbons (Fsp3) is 0.304. The largest absolute Gasteiger partial charge is 0.483 e. The van der Waals surface area contributed by atoms with Gasteiger partial charge in [0.05, 0.1) is 12.2 Å². The third kappa shape index (κ3) is 4.80. The van der Waals surface area contributed by atoms with Gasteiger partial charge < -0.3 is 10.1 Å². The minimum Gasteiger partial charge on any atom is -0.483 e. The van der Waals surface area contributed by atoms with Gasteiger partial charge in [-0.1, -0.05) is 55.5 Å². The fourth-order valence-corrected chi connectivity index (χ4v) is 3.22. The topological polar surface area (TPSA) is 56.1 Å². The van der Waals surface area contributed by atoms with Crippen LogP contribution in [-0.2, 0) is 24.3 Å². The summed E-state index contributed by atoms with van der Waals surface area (Å²) in [5.41, 5.74) is 5.36. The average Bonchev–Trinajstić information content (AvgIpc) is 2.98. The van der Waals surface area contributed by atoms with Crippen LogP contribution in [0.2, 0.25) is 0 Å². The number of para-hydroxylation sites is 1. The average molecular weight is 377 g/mol. The van der Waals surface area contributed by atoms with Gasteiger partial charge in [0.15, 0.2) is 6.61 Å². The van der Waals surface area contributed by atoms with Crippen LogP contribution in [0, 0.1) is 13.8 Å². The van der Waals surface area contributed by atoms with Gasteiger partial charge in [-0.05, 0) is 37.5 Å². The molecule has 0 aliphatic rings. The monoisotopic (exact) mass is 377 g/mol. The lowest BCUT2D eigenvalue weighted by atomic mass is 10.1. The van der Waals surface area contributed by atoms with Crippen molar-refractivity contribution in [3.63, 3.8) is 0 Å². The minimum absolute atomic E-state index is 0.00720. The van der Waals surface area contributed by atoms with E-state index in [1.165, 1.54) is 5.56 Å². The third-order valence-electron chi connectivity index (χ3n) is 4.88. The molecule has 0 radical (unpaired) electrons. The van der Waals surface area contributed by atoms with Crippen molar-refractivity contribution in [2.45, 2.75) is 40.3 Å². The Kier molecular flexibility index (Phi) is 6.48. The van der Waals surface area contributed by atoms with Crippen LogP contribution in [0.1, 0.15) is 35.0 Å². The highest BCUT2D eigenvalue weighted by Crippen LogP contribution is 2.18. The Labute approximate surface area is 166 Å². The van der Waals surface area contributed by atoms with Gasteiger partial charge in [-0.25, -0.2) is 0 Å². The van der Waals surface area contributed by atoms with Crippen molar-refractivity contribution in [3.8, 4) is 5.75 Å². The Hall–Kier alpha value is -3.08. The molecule has 0 saturated heterocycles. The maximum atomic E-state index is 12.2. The van der Waals surface area contributed by atoms with Gasteiger partial charge in [0.25, 0.3) is 5.91 Å². The van der Waals surface area contributed by atoms with E-state index in [2.05, 4.69) is 29.5 Å². The molecule has 1 amide bonds. The first kappa shape index (κ1) is 19.7. The molecule has 1 aromatic heterocycles. The zero-order valence-electron chi connectivity index (χ0n) is 16.7. The number of ether oxygens (including phenoxy) is 1. The third-order valence-corrected chi connectivity index (χ3v) is 4.88. The molecule has 0 fully saturated rings. The molecule has 0 aliphatic carbocycles. The summed E-state index contributed by atoms with van der Waals surface area (Å²) in [6, 6.07) is 18.0. The molecule has 3 rings (SSSR count). The van der Waals surface area contributed by atoms with E-state index in [0.717, 1.165) is 41.2 Å². The van der Waals surface area contributed by atoms with Crippen LogP contribution in [0.25, 0.3) is 0 Å². The lowest BCUT2D eigenvalue weighted by Crippen LogP contribution is -2.29. The number of benzene rings is 2. The van der Waals surface area contributed by atoms with E-state index in [1.807, 2.05) is 61.0 Å². The number of hydrogen-bond acceptors (Lipinski definition) is 3. The highest BCUT2D eigenvalue weighted by molar-refractivity contribution is 5.77. The van der Waals surface area contributed by atoms with Crippen molar-refractivity contribution in [2.75, 3.05) is 6.61 Å². The van der Waals surface area contributed by atoms with Gasteiger partial charge in [0, 0.05) is 17.8 Å². The Morgan fingerprint density at radius 1 is 1.07 bits per heavy atom. The van der Waals surface area contributed by atoms with Crippen molar-refractivity contribution < 1.29 is 9.53 Å². The first-order valence-electron chi connectivity index (χ1n) is 9.62. The molecule has 1 N–H and O–H groups in total. The summed E-state index contributed by atoms with van der Waals surface area (Å²) in [5.74, 6) is 0.628. The summed E-state index contributed by atoms with van der Waals surface area (Å²) in [5, 5.41) is 7.58. The first-order chi connectivity index (χ1) is 13.6. The Bertz CT molecular complexity index is 932. The fourth-order valence-electron chi connectivity index (χ4n) is 3.22. The van der Waals surface area contributed by atoms with E-state index in [4.69, 9.17) is 4.74 Å². The van der Waals surface area contributed by atoms with Gasteiger partial charge in [0.2, 0.25) is 0 Å². The van der Waals surface area contributed by atoms with Crippen molar-refractivity contribution in [1.82, 2.24) is 15.1 Å². The molecule has 0 aliphatic heterocycles. The summed E-state index contributed by atoms with van der Waals surface area (Å²) in [6.07, 6.45) is 0.872. The number of hydrogen-bond donors (Lipinski definition) is 1. The molecule has 0 saturated carbocycles. The van der Waals surface area contributed by atoms with Crippen LogP contribution in [0.15, 0.2) is 54.6 Å². The predicted molar refractivity (Wildman–Crippen MR) is 110 cm³/mol. The summed E-state index contributed by atoms with van der Waals surface area (Å²) in [6.45, 7) is 7.26. The summed E-state index contributed by atoms with van der Waals surface area (Å²) < 4.78 is 7.68. The predicted octanol–water partition coefficient (Wildman–Crippen LogP) is 3.81. The molecule has 0 bridgehead atoms. The van der Waals surface area contributed by atoms with E-state index in [-0.39, 0.29) is 12.5 Å². The molecule has 0 unspecified atom stereocenters. The van der Waals surface area contributed by atoms with Crippen LogP contribution in [0.4, 0.5) is 0 Å². The lowest BCUT2D eigenvalue weighted by Gasteiger charge is -2.11. The molecule has 2 aromatic carbocycles. The van der Waals surface area contributed by atoms with E-state index < -0.39 is 0 Å². The highest BCUT2D eigenvalue weighted by atomic mass is 16.5. The Balaban J connectivity index is 1.57. The normalized spacial score (nSPS) is 10.7. The SMILES string of the molecule is CCc1ccccc1OCC(=O)NCc1c(C)nn(Cc2ccccc2)c1C. The van der Waals surface area contributed by atoms with Gasteiger partial charge in [0.1, 0.15) is 5.75 Å². The van der Waals surface area contributed by atoms with Crippen LogP contribution < -0.4 is 10.1 Å². The standard InChI is InChI=1S/C23H27N3O2/c1-4-20-12-8-9-13-22(20)28-16-23(27)24-14-21-17(2)25-26(18(21)3)15-19-10-6-5-7-11-19/h5-13H,4,14-16H2,1-3H3,(H,24,27). The number of rotatable bonds is 8. The maximum Gasteiger partial charge on any atom is 0.258 e. The number of nitrogens with one attached hydrogen (secondary N) is 1. The number of carbonyl (C=O) groups excluding carboxylic acids is 1. The van der Waals surface area contributed by atoms with Gasteiger partial charge >= 0.3 is 0 Å². The summed E-state index contributed by atoms with van der Waals surface area (Å²) in [4.78, 5) is 12.2. The molecular weight excluding hydrogens is 350 g/mol. The van der Waals surface area contributed by atoms with Gasteiger partial charge in [-0.2, -0.15) is 5.10 Å². The van der Waals surface area contributed by atoms with E-state index in [9.17, 15) is 4.79 Å². The number of carbonyl (C=O) groups is 1. The number of amides is 1. The van der Waals surface area contributed by atoms with Gasteiger partial charge in [-0.3, -0.25) is 9.48 Å². The van der Waals surface area contributed by atoms with Gasteiger partial charge in [-0.15, -0.1) is 0 Å². The summed E-state index contributed by atoms with van der Waals surface area (Å²) >= 11 is 0. The zero-order chi connectivity index (χ0) is 19.9. The maximum absolute atomic E-state index is 12.2. The zero-order valence-corrected chi connectivity index (χ0v) is 16.7. The smallest absolute Gasteiger partial charge is 0.258 e. The number of aromatic nitrogens is 2. The van der Waals surface area contributed by atoms with Crippen molar-refractivity contribution >= 4 is 5.91 Å². The van der Waals surface area contributed by atoms with E-state index in [1.54, 1.807) is 0 Å². The van der Waals surface area contributed by atoms with Crippen LogP contribution in [-0.4, -0.2) is 22.3 Å². The highest BCUT2D eigenvalue weighted by Gasteiger charge is 2.13. The van der Waals surface area contributed by atoms with Crippen molar-refractivity contribution in [2.24, 2.45) is 0 Å². The van der Waals surface area contributed by atoms with Crippen molar-refractivity contribution in [3.05, 3.63) is 82.7 Å². The molecule has 1 heterocycles. The molecule has 5 heteroatoms. The molecule has 3 aromatic rings. The van der Waals surface area contributed by atoms with Crippen LogP contribution in [0.5, 0.6) is 5.75 Å². The molecule has 0 spiro atoms. The second-order valence-electron chi connectivity index (χ2n) is 6.82. The van der Waals surface area contributed by atoms with Crippen LogP contribution in [0.3, 0.4) is 0 Å². The second kappa shape index (κ2) is 9.22. The molecule has 5 nitrogen and oxygen atoms in total. The second-order valence-corrected chi connectivity index (χ2v) is 6.82. The Morgan fingerprint density at radius 2 is 1.79 bits per heavy atom. The Morgan fingerprint density at radius 3 is 2.54 bits per heavy atom. The van der Waals surface area contributed by atoms with E-state index in [0.29, 0.717) is 6.54 Å².